The molecular weight excluding hydrogens is 1170 g/mol. The van der Waals surface area contributed by atoms with Gasteiger partial charge in [0.25, 0.3) is 22.6 Å². The van der Waals surface area contributed by atoms with Crippen molar-refractivity contribution < 1.29 is 56.8 Å². The number of H-pyrrole nitrogens is 1. The number of aromatic amines is 1. The van der Waals surface area contributed by atoms with Crippen molar-refractivity contribution in [3.8, 4) is 5.88 Å². The molecule has 9 aromatic rings. The van der Waals surface area contributed by atoms with Gasteiger partial charge in [-0.05, 0) is 130 Å². The molecular formula is C65H67F2N9O14. The Bertz CT molecular complexity index is 4040. The number of aryl methyl sites for hydroxylation is 3. The molecule has 0 bridgehead atoms. The van der Waals surface area contributed by atoms with E-state index in [-0.39, 0.29) is 45.3 Å². The van der Waals surface area contributed by atoms with Gasteiger partial charge in [-0.25, -0.2) is 42.9 Å². The van der Waals surface area contributed by atoms with Gasteiger partial charge in [-0.15, -0.1) is 0 Å². The number of anilines is 2. The first-order valence-electron chi connectivity index (χ1n) is 27.5. The van der Waals surface area contributed by atoms with Gasteiger partial charge in [-0.1, -0.05) is 36.4 Å². The fourth-order valence-corrected chi connectivity index (χ4v) is 7.44. The minimum atomic E-state index is -1.02. The Morgan fingerprint density at radius 2 is 0.989 bits per heavy atom. The standard InChI is InChI=1S/C20H18FN3O2.C12H11FN2.2C9H11NO3.C8H9NO3.C7H7NO3/c1-2-24-13-16(7-9-19(24)25)20(26)23-18-8-6-15(12-22-18)10-14-4-3-5-17(21)11-14;13-11-3-1-2-9(7-11)6-10-4-5-12(14)15-8-10;1-3-13-8-5-4-7(6-10-8)9(11)12-2;1-3-10-6-7(9(12)13-2)4-5-8(10)11;1-2-9-5-6(8(11)12)3-4-7(9)10;1-11-7(10)5-2-3-6(9)8-4-5/h3-9,11-13H,2,10H2,1H3,(H,22,23,26);1-5,7-8H,6H2,(H2,14,15);2*4-6H,3H2,1-2H3;3-5H,2H2,1H3,(H,11,12);2-4H,1H3,(H,8,9). The van der Waals surface area contributed by atoms with E-state index in [0.29, 0.717) is 78.9 Å². The molecule has 470 valence electrons. The predicted molar refractivity (Wildman–Crippen MR) is 332 cm³/mol. The summed E-state index contributed by atoms with van der Waals surface area (Å²) in [5, 5.41) is 11.3. The third-order valence-corrected chi connectivity index (χ3v) is 12.1. The summed E-state index contributed by atoms with van der Waals surface area (Å²) in [5.41, 5.74) is 10.2. The highest BCUT2D eigenvalue weighted by Gasteiger charge is 2.11. The van der Waals surface area contributed by atoms with E-state index < -0.39 is 23.9 Å². The summed E-state index contributed by atoms with van der Waals surface area (Å²) in [6.45, 7) is 9.41. The number of nitrogen functional groups attached to an aromatic ring is 1. The second-order valence-corrected chi connectivity index (χ2v) is 18.4. The summed E-state index contributed by atoms with van der Waals surface area (Å²) in [4.78, 5) is 114. The number of hydrogen-bond donors (Lipinski definition) is 4. The van der Waals surface area contributed by atoms with E-state index in [2.05, 4.69) is 39.5 Å². The number of halogens is 2. The fraction of sp³-hybridized carbons (Fsp3) is 0.200. The zero-order chi connectivity index (χ0) is 66.1. The maximum atomic E-state index is 13.2. The molecule has 0 atom stereocenters. The van der Waals surface area contributed by atoms with Gasteiger partial charge in [0.15, 0.2) is 0 Å². The normalized spacial score (nSPS) is 9.92. The van der Waals surface area contributed by atoms with E-state index in [1.807, 2.05) is 45.0 Å². The topological polar surface area (TPSA) is 318 Å². The van der Waals surface area contributed by atoms with Crippen molar-refractivity contribution in [3.05, 3.63) is 280 Å². The Labute approximate surface area is 515 Å². The van der Waals surface area contributed by atoms with Crippen LogP contribution >= 0.6 is 0 Å². The monoisotopic (exact) mass is 1240 g/mol. The number of methoxy groups -OCH3 is 3. The lowest BCUT2D eigenvalue weighted by atomic mass is 10.1. The molecule has 9 rings (SSSR count). The number of pyridine rings is 7. The van der Waals surface area contributed by atoms with E-state index in [0.717, 1.165) is 22.3 Å². The lowest BCUT2D eigenvalue weighted by molar-refractivity contribution is 0.0591. The summed E-state index contributed by atoms with van der Waals surface area (Å²) < 4.78 is 49.0. The number of nitrogens with zero attached hydrogens (tertiary/aromatic N) is 6. The molecule has 0 aliphatic carbocycles. The largest absolute Gasteiger partial charge is 0.478 e. The van der Waals surface area contributed by atoms with Gasteiger partial charge in [0.05, 0.1) is 55.8 Å². The summed E-state index contributed by atoms with van der Waals surface area (Å²) in [7, 11) is 3.93. The molecule has 0 saturated carbocycles. The lowest BCUT2D eigenvalue weighted by Gasteiger charge is -2.08. The Kier molecular flexibility index (Phi) is 29.3. The van der Waals surface area contributed by atoms with Crippen LogP contribution in [-0.4, -0.2) is 96.5 Å². The molecule has 0 unspecified atom stereocenters. The first-order valence-corrected chi connectivity index (χ1v) is 27.5. The number of carbonyl (C=O) groups is 5. The third-order valence-electron chi connectivity index (χ3n) is 12.1. The van der Waals surface area contributed by atoms with E-state index in [4.69, 9.17) is 15.6 Å². The molecule has 0 spiro atoms. The highest BCUT2D eigenvalue weighted by atomic mass is 19.1. The van der Waals surface area contributed by atoms with E-state index in [1.165, 1.54) is 139 Å². The number of hydrogen-bond acceptors (Lipinski definition) is 17. The number of ether oxygens (including phenoxy) is 4. The maximum Gasteiger partial charge on any atom is 0.339 e. The summed E-state index contributed by atoms with van der Waals surface area (Å²) in [6.07, 6.45) is 11.7. The number of benzene rings is 2. The summed E-state index contributed by atoms with van der Waals surface area (Å²) >= 11 is 0. The number of nitrogens with one attached hydrogen (secondary N) is 2. The molecule has 0 fully saturated rings. The maximum absolute atomic E-state index is 13.2. The average molecular weight is 1240 g/mol. The van der Waals surface area contributed by atoms with Crippen LogP contribution in [0.3, 0.4) is 0 Å². The minimum Gasteiger partial charge on any atom is -0.478 e. The second-order valence-electron chi connectivity index (χ2n) is 18.4. The van der Waals surface area contributed by atoms with Crippen LogP contribution in [0.1, 0.15) is 102 Å². The number of aromatic carboxylic acids is 1. The summed E-state index contributed by atoms with van der Waals surface area (Å²) in [6, 6.07) is 34.3. The van der Waals surface area contributed by atoms with Gasteiger partial charge >= 0.3 is 23.9 Å². The molecule has 1 amide bonds. The fourth-order valence-electron chi connectivity index (χ4n) is 7.44. The number of carbonyl (C=O) groups excluding carboxylic acids is 4. The number of carboxylic acid groups (broad SMARTS) is 1. The molecule has 0 aliphatic rings. The van der Waals surface area contributed by atoms with Crippen LogP contribution in [0.5, 0.6) is 5.88 Å². The number of rotatable bonds is 15. The van der Waals surface area contributed by atoms with Gasteiger partial charge in [-0.2, -0.15) is 0 Å². The van der Waals surface area contributed by atoms with Gasteiger partial charge in [0.1, 0.15) is 23.3 Å². The van der Waals surface area contributed by atoms with Gasteiger partial charge in [0.2, 0.25) is 11.4 Å². The molecule has 7 heterocycles. The average Bonchev–Trinajstić information content (AvgIpc) is 3.50. The van der Waals surface area contributed by atoms with Gasteiger partial charge in [-0.3, -0.25) is 24.0 Å². The zero-order valence-electron chi connectivity index (χ0n) is 50.3. The van der Waals surface area contributed by atoms with Gasteiger partial charge < -0.3 is 53.8 Å². The van der Waals surface area contributed by atoms with Crippen molar-refractivity contribution in [2.24, 2.45) is 0 Å². The Hall–Kier alpha value is -11.5. The van der Waals surface area contributed by atoms with E-state index in [1.54, 1.807) is 55.7 Å². The highest BCUT2D eigenvalue weighted by molar-refractivity contribution is 6.03. The van der Waals surface area contributed by atoms with Crippen LogP contribution in [0.25, 0.3) is 0 Å². The molecule has 0 aliphatic heterocycles. The van der Waals surface area contributed by atoms with Crippen LogP contribution in [0.4, 0.5) is 20.4 Å². The van der Waals surface area contributed by atoms with Crippen LogP contribution in [0.2, 0.25) is 0 Å². The SMILES string of the molecule is CCOc1ccc(C(=O)OC)cn1.CCn1cc(C(=O)Nc2ccc(Cc3cccc(F)c3)cn2)ccc1=O.CCn1cc(C(=O)O)ccc1=O.CCn1cc(C(=O)OC)ccc1=O.COC(=O)c1ccc(=O)[nH]c1.Nc1ccc(Cc2cccc(F)c2)cn1. The van der Waals surface area contributed by atoms with Gasteiger partial charge in [0, 0.05) is 93.3 Å². The molecule has 23 nitrogen and oxygen atoms in total. The Balaban J connectivity index is 0.000000238. The van der Waals surface area contributed by atoms with E-state index >= 15 is 0 Å². The highest BCUT2D eigenvalue weighted by Crippen LogP contribution is 2.15. The smallest absolute Gasteiger partial charge is 0.339 e. The summed E-state index contributed by atoms with van der Waals surface area (Å²) in [5.74, 6) is -1.70. The van der Waals surface area contributed by atoms with Crippen molar-refractivity contribution in [2.45, 2.75) is 60.2 Å². The van der Waals surface area contributed by atoms with Crippen molar-refractivity contribution in [3.63, 3.8) is 0 Å². The first-order chi connectivity index (χ1) is 43.1. The zero-order valence-corrected chi connectivity index (χ0v) is 50.3. The molecule has 7 aromatic heterocycles. The second kappa shape index (κ2) is 37.1. The van der Waals surface area contributed by atoms with E-state index in [9.17, 15) is 51.9 Å². The molecule has 25 heteroatoms. The Morgan fingerprint density at radius 3 is 1.42 bits per heavy atom. The number of esters is 3. The lowest BCUT2D eigenvalue weighted by Crippen LogP contribution is -2.21. The Morgan fingerprint density at radius 1 is 0.522 bits per heavy atom. The van der Waals surface area contributed by atoms with Crippen LogP contribution in [-0.2, 0) is 46.7 Å². The molecule has 0 radical (unpaired) electrons. The first kappa shape index (κ1) is 71.0. The number of aromatic nitrogens is 7. The van der Waals surface area contributed by atoms with Crippen LogP contribution < -0.4 is 38.0 Å². The van der Waals surface area contributed by atoms with Crippen molar-refractivity contribution in [1.29, 1.82) is 0 Å². The number of amides is 1. The van der Waals surface area contributed by atoms with Crippen LogP contribution in [0.15, 0.2) is 196 Å². The molecule has 5 N–H and O–H groups in total. The molecule has 2 aromatic carbocycles. The van der Waals surface area contributed by atoms with Crippen LogP contribution in [0, 0.1) is 11.6 Å². The molecule has 0 saturated heterocycles. The number of carboxylic acids is 1. The predicted octanol–water partition coefficient (Wildman–Crippen LogP) is 8.29. The third kappa shape index (κ3) is 24.1. The van der Waals surface area contributed by atoms with Crippen molar-refractivity contribution >= 4 is 41.4 Å². The van der Waals surface area contributed by atoms with Crippen molar-refractivity contribution in [1.82, 2.24) is 33.6 Å². The van der Waals surface area contributed by atoms with Crippen molar-refractivity contribution in [2.75, 3.05) is 39.0 Å². The molecule has 90 heavy (non-hydrogen) atoms. The minimum absolute atomic E-state index is 0.116. The quantitative estimate of drug-likeness (QED) is 0.0554. The number of nitrogens with two attached hydrogens (primary N) is 1.